The molecule has 0 fully saturated rings. The van der Waals surface area contributed by atoms with Crippen LogP contribution in [0.1, 0.15) is 15.9 Å². The van der Waals surface area contributed by atoms with E-state index in [2.05, 4.69) is 15.5 Å². The summed E-state index contributed by atoms with van der Waals surface area (Å²) in [5.41, 5.74) is 0.883. The Bertz CT molecular complexity index is 1040. The first-order valence-corrected chi connectivity index (χ1v) is 8.54. The van der Waals surface area contributed by atoms with Crippen LogP contribution >= 0.6 is 11.8 Å². The average molecular weight is 387 g/mol. The van der Waals surface area contributed by atoms with Gasteiger partial charge in [-0.15, -0.1) is 10.2 Å². The zero-order chi connectivity index (χ0) is 19.6. The number of nitro groups is 1. The molecule has 8 nitrogen and oxygen atoms in total. The molecule has 3 rings (SSSR count). The average Bonchev–Trinajstić information content (AvgIpc) is 3.02. The topological polar surface area (TPSA) is 103 Å². The van der Waals surface area contributed by atoms with Crippen LogP contribution in [-0.2, 0) is 7.05 Å². The van der Waals surface area contributed by atoms with Crippen LogP contribution in [0.15, 0.2) is 52.8 Å². The van der Waals surface area contributed by atoms with Gasteiger partial charge in [0.05, 0.1) is 9.82 Å². The van der Waals surface area contributed by atoms with Crippen molar-refractivity contribution in [3.8, 4) is 0 Å². The van der Waals surface area contributed by atoms with Gasteiger partial charge >= 0.3 is 0 Å². The zero-order valence-electron chi connectivity index (χ0n) is 14.3. The van der Waals surface area contributed by atoms with Gasteiger partial charge in [-0.25, -0.2) is 4.39 Å². The van der Waals surface area contributed by atoms with Gasteiger partial charge in [0, 0.05) is 24.4 Å². The maximum atomic E-state index is 13.2. The number of halogens is 1. The first kappa shape index (κ1) is 18.5. The Labute approximate surface area is 157 Å². The number of carbonyl (C=O) groups excluding carboxylic acids is 1. The fourth-order valence-electron chi connectivity index (χ4n) is 2.31. The Hall–Kier alpha value is -3.27. The predicted molar refractivity (Wildman–Crippen MR) is 97.3 cm³/mol. The number of benzene rings is 2. The van der Waals surface area contributed by atoms with Gasteiger partial charge in [0.2, 0.25) is 0 Å². The summed E-state index contributed by atoms with van der Waals surface area (Å²) >= 11 is 1.08. The molecule has 0 aliphatic carbocycles. The normalized spacial score (nSPS) is 10.6. The lowest BCUT2D eigenvalue weighted by Gasteiger charge is -2.09. The van der Waals surface area contributed by atoms with E-state index in [1.165, 1.54) is 42.7 Å². The van der Waals surface area contributed by atoms with E-state index in [9.17, 15) is 19.3 Å². The van der Waals surface area contributed by atoms with Crippen LogP contribution in [0.3, 0.4) is 0 Å². The summed E-state index contributed by atoms with van der Waals surface area (Å²) in [6.07, 6.45) is 1.49. The first-order chi connectivity index (χ1) is 12.8. The van der Waals surface area contributed by atoms with Crippen molar-refractivity contribution in [3.05, 3.63) is 69.8 Å². The molecular formula is C17H14FN5O3S. The molecule has 0 atom stereocenters. The smallest absolute Gasteiger partial charge is 0.284 e. The Kier molecular flexibility index (Phi) is 5.17. The molecule has 1 heterocycles. The number of nitrogens with one attached hydrogen (secondary N) is 1. The summed E-state index contributed by atoms with van der Waals surface area (Å²) in [7, 11) is 1.72. The van der Waals surface area contributed by atoms with Crippen molar-refractivity contribution in [1.82, 2.24) is 14.8 Å². The van der Waals surface area contributed by atoms with Crippen molar-refractivity contribution in [2.24, 2.45) is 7.05 Å². The molecule has 3 aromatic rings. The number of anilines is 1. The summed E-state index contributed by atoms with van der Waals surface area (Å²) in [6.45, 7) is 1.65. The van der Waals surface area contributed by atoms with E-state index in [1.54, 1.807) is 18.5 Å². The van der Waals surface area contributed by atoms with Crippen molar-refractivity contribution < 1.29 is 14.1 Å². The van der Waals surface area contributed by atoms with E-state index in [0.717, 1.165) is 11.8 Å². The first-order valence-electron chi connectivity index (χ1n) is 7.73. The largest absolute Gasteiger partial charge is 0.322 e. The molecule has 2 aromatic carbocycles. The van der Waals surface area contributed by atoms with Crippen LogP contribution in [0.25, 0.3) is 0 Å². The summed E-state index contributed by atoms with van der Waals surface area (Å²) in [4.78, 5) is 23.7. The third-order valence-corrected chi connectivity index (χ3v) is 4.84. The van der Waals surface area contributed by atoms with Gasteiger partial charge < -0.3 is 9.88 Å². The molecule has 10 heteroatoms. The van der Waals surface area contributed by atoms with Crippen LogP contribution in [0, 0.1) is 22.9 Å². The molecule has 1 aromatic heterocycles. The SMILES string of the molecule is Cc1cc(F)ccc1NC(=O)c1ccc(Sc2nncn2C)c([N+](=O)[O-])c1. The van der Waals surface area contributed by atoms with Gasteiger partial charge in [-0.05, 0) is 54.6 Å². The van der Waals surface area contributed by atoms with Crippen LogP contribution in [0.5, 0.6) is 0 Å². The van der Waals surface area contributed by atoms with Gasteiger partial charge in [-0.3, -0.25) is 14.9 Å². The van der Waals surface area contributed by atoms with E-state index in [1.807, 2.05) is 0 Å². The van der Waals surface area contributed by atoms with Crippen molar-refractivity contribution in [2.45, 2.75) is 17.0 Å². The van der Waals surface area contributed by atoms with Gasteiger partial charge in [0.1, 0.15) is 12.1 Å². The lowest BCUT2D eigenvalue weighted by Crippen LogP contribution is -2.13. The molecule has 0 aliphatic rings. The number of carbonyl (C=O) groups is 1. The van der Waals surface area contributed by atoms with Gasteiger partial charge in [0.25, 0.3) is 11.6 Å². The molecule has 0 radical (unpaired) electrons. The summed E-state index contributed by atoms with van der Waals surface area (Å²) in [5, 5.41) is 22.2. The maximum absolute atomic E-state index is 13.2. The number of aromatic nitrogens is 3. The Morgan fingerprint density at radius 1 is 1.30 bits per heavy atom. The predicted octanol–water partition coefficient (Wildman–Crippen LogP) is 3.57. The van der Waals surface area contributed by atoms with Gasteiger partial charge in [-0.2, -0.15) is 0 Å². The Morgan fingerprint density at radius 3 is 2.70 bits per heavy atom. The molecule has 0 saturated heterocycles. The monoisotopic (exact) mass is 387 g/mol. The molecule has 0 bridgehead atoms. The number of hydrogen-bond donors (Lipinski definition) is 1. The molecule has 138 valence electrons. The number of nitrogens with zero attached hydrogens (tertiary/aromatic N) is 4. The van der Waals surface area contributed by atoms with Gasteiger partial charge in [-0.1, -0.05) is 0 Å². The third kappa shape index (κ3) is 4.11. The summed E-state index contributed by atoms with van der Waals surface area (Å²) in [6, 6.07) is 8.14. The van der Waals surface area contributed by atoms with Crippen molar-refractivity contribution in [3.63, 3.8) is 0 Å². The van der Waals surface area contributed by atoms with E-state index >= 15 is 0 Å². The van der Waals surface area contributed by atoms with Crippen LogP contribution < -0.4 is 5.32 Å². The van der Waals surface area contributed by atoms with Crippen molar-refractivity contribution in [2.75, 3.05) is 5.32 Å². The fraction of sp³-hybridized carbons (Fsp3) is 0.118. The highest BCUT2D eigenvalue weighted by molar-refractivity contribution is 7.99. The number of amides is 1. The van der Waals surface area contributed by atoms with E-state index < -0.39 is 16.6 Å². The molecule has 0 spiro atoms. The van der Waals surface area contributed by atoms with E-state index in [-0.39, 0.29) is 11.3 Å². The molecule has 1 N–H and O–H groups in total. The Balaban J connectivity index is 1.88. The molecule has 0 aliphatic heterocycles. The van der Waals surface area contributed by atoms with Crippen molar-refractivity contribution >= 4 is 29.0 Å². The summed E-state index contributed by atoms with van der Waals surface area (Å²) < 4.78 is 14.8. The molecule has 0 unspecified atom stereocenters. The highest BCUT2D eigenvalue weighted by Gasteiger charge is 2.20. The lowest BCUT2D eigenvalue weighted by molar-refractivity contribution is -0.387. The third-order valence-electron chi connectivity index (χ3n) is 3.73. The maximum Gasteiger partial charge on any atom is 0.284 e. The quantitative estimate of drug-likeness (QED) is 0.530. The fourth-order valence-corrected chi connectivity index (χ4v) is 3.16. The van der Waals surface area contributed by atoms with Crippen LogP contribution in [-0.4, -0.2) is 25.6 Å². The summed E-state index contributed by atoms with van der Waals surface area (Å²) in [5.74, 6) is -0.936. The highest BCUT2D eigenvalue weighted by Crippen LogP contribution is 2.34. The number of aryl methyl sites for hydroxylation is 2. The number of nitro benzene ring substituents is 1. The molecule has 27 heavy (non-hydrogen) atoms. The second-order valence-electron chi connectivity index (χ2n) is 5.68. The molecule has 1 amide bonds. The number of hydrogen-bond acceptors (Lipinski definition) is 6. The standard InChI is InChI=1S/C17H14FN5O3S/c1-10-7-12(18)4-5-13(10)20-16(24)11-3-6-15(14(8-11)23(25)26)27-17-21-19-9-22(17)2/h3-9H,1-2H3,(H,20,24). The van der Waals surface area contributed by atoms with Crippen LogP contribution in [0.4, 0.5) is 15.8 Å². The Morgan fingerprint density at radius 2 is 2.07 bits per heavy atom. The van der Waals surface area contributed by atoms with Gasteiger partial charge in [0.15, 0.2) is 5.16 Å². The second kappa shape index (κ2) is 7.54. The van der Waals surface area contributed by atoms with Crippen LogP contribution in [0.2, 0.25) is 0 Å². The van der Waals surface area contributed by atoms with E-state index in [0.29, 0.717) is 21.3 Å². The highest BCUT2D eigenvalue weighted by atomic mass is 32.2. The lowest BCUT2D eigenvalue weighted by atomic mass is 10.1. The minimum atomic E-state index is -0.557. The minimum absolute atomic E-state index is 0.118. The minimum Gasteiger partial charge on any atom is -0.322 e. The number of rotatable bonds is 5. The van der Waals surface area contributed by atoms with Crippen molar-refractivity contribution in [1.29, 1.82) is 0 Å². The molecular weight excluding hydrogens is 373 g/mol. The van der Waals surface area contributed by atoms with E-state index in [4.69, 9.17) is 0 Å². The zero-order valence-corrected chi connectivity index (χ0v) is 15.2. The molecule has 0 saturated carbocycles. The second-order valence-corrected chi connectivity index (χ2v) is 6.69.